The first kappa shape index (κ1) is 33.6. The molecule has 0 aliphatic carbocycles. The summed E-state index contributed by atoms with van der Waals surface area (Å²) in [5.41, 5.74) is 9.22. The summed E-state index contributed by atoms with van der Waals surface area (Å²) >= 11 is 0. The molecule has 214 valence electrons. The first-order valence-electron chi connectivity index (χ1n) is 15.9. The van der Waals surface area contributed by atoms with Gasteiger partial charge in [0, 0.05) is 18.0 Å². The average molecular weight is 514 g/mol. The predicted octanol–water partition coefficient (Wildman–Crippen LogP) is 11.0. The number of nitrogens with two attached hydrogens (primary N) is 1. The van der Waals surface area contributed by atoms with Gasteiger partial charge in [-0.05, 0) is 49.5 Å². The van der Waals surface area contributed by atoms with Gasteiger partial charge in [-0.15, -0.1) is 0 Å². The van der Waals surface area contributed by atoms with Crippen LogP contribution < -0.4 is 5.73 Å². The van der Waals surface area contributed by atoms with Crippen LogP contribution in [0, 0.1) is 23.7 Å². The van der Waals surface area contributed by atoms with Gasteiger partial charge in [-0.3, -0.25) is 0 Å². The summed E-state index contributed by atoms with van der Waals surface area (Å²) in [6.45, 7) is 22.2. The van der Waals surface area contributed by atoms with E-state index in [0.717, 1.165) is 30.6 Å². The molecular formula is C35H63NO. The van der Waals surface area contributed by atoms with Crippen LogP contribution in [0.1, 0.15) is 144 Å². The third-order valence-corrected chi connectivity index (χ3v) is 9.05. The van der Waals surface area contributed by atoms with E-state index in [1.165, 1.54) is 89.0 Å². The summed E-state index contributed by atoms with van der Waals surface area (Å²) in [5.74, 6) is 2.98. The normalized spacial score (nSPS) is 25.3. The molecule has 1 rings (SSSR count). The van der Waals surface area contributed by atoms with Crippen molar-refractivity contribution >= 4 is 0 Å². The fourth-order valence-corrected chi connectivity index (χ4v) is 5.85. The summed E-state index contributed by atoms with van der Waals surface area (Å²) in [7, 11) is 0. The summed E-state index contributed by atoms with van der Waals surface area (Å²) in [4.78, 5) is 0. The highest BCUT2D eigenvalue weighted by Gasteiger charge is 2.34. The van der Waals surface area contributed by atoms with Crippen LogP contribution in [0.2, 0.25) is 0 Å². The molecule has 1 saturated heterocycles. The Hall–Kier alpha value is -1.44. The minimum absolute atomic E-state index is 0.216. The predicted molar refractivity (Wildman–Crippen MR) is 165 cm³/mol. The highest BCUT2D eigenvalue weighted by Crippen LogP contribution is 2.39. The number of allylic oxidation sites excluding steroid dienone is 5. The second kappa shape index (κ2) is 19.6. The van der Waals surface area contributed by atoms with E-state index in [0.29, 0.717) is 29.4 Å². The molecule has 1 aliphatic heterocycles. The van der Waals surface area contributed by atoms with Crippen LogP contribution in [0.25, 0.3) is 0 Å². The van der Waals surface area contributed by atoms with Crippen LogP contribution in [-0.2, 0) is 4.74 Å². The van der Waals surface area contributed by atoms with Gasteiger partial charge in [0.15, 0.2) is 0 Å². The molecule has 2 N–H and O–H groups in total. The number of hydrogen-bond donors (Lipinski definition) is 1. The first-order valence-corrected chi connectivity index (χ1v) is 15.9. The van der Waals surface area contributed by atoms with Crippen molar-refractivity contribution < 1.29 is 4.74 Å². The van der Waals surface area contributed by atoms with Gasteiger partial charge in [0.2, 0.25) is 0 Å². The van der Waals surface area contributed by atoms with Crippen molar-refractivity contribution in [1.82, 2.24) is 0 Å². The standard InChI is InChI=1S/C35H63NO/c1-9-27(3)33(26-25-29(5)32(8)36)31(7)34-24-22-20-18-16-14-12-11-13-15-17-19-21-23-30(6)37-35(34)28(4)10-2/h25-28,31,34-35H,6,8-24,36H2,1-5,7H3/b29-25+,33-26+. The van der Waals surface area contributed by atoms with Gasteiger partial charge >= 0.3 is 0 Å². The van der Waals surface area contributed by atoms with Gasteiger partial charge in [0.25, 0.3) is 0 Å². The number of hydrogen-bond acceptors (Lipinski definition) is 2. The molecule has 0 bridgehead atoms. The Kier molecular flexibility index (Phi) is 17.8. The molecule has 37 heavy (non-hydrogen) atoms. The molecule has 0 spiro atoms. The van der Waals surface area contributed by atoms with Gasteiger partial charge in [-0.1, -0.05) is 143 Å². The molecule has 5 unspecified atom stereocenters. The average Bonchev–Trinajstić information content (AvgIpc) is 2.88. The molecule has 2 heteroatoms. The topological polar surface area (TPSA) is 35.2 Å². The van der Waals surface area contributed by atoms with Crippen molar-refractivity contribution in [2.45, 2.75) is 150 Å². The van der Waals surface area contributed by atoms with E-state index >= 15 is 0 Å². The van der Waals surface area contributed by atoms with E-state index in [4.69, 9.17) is 10.5 Å². The lowest BCUT2D eigenvalue weighted by molar-refractivity contribution is -0.00266. The maximum atomic E-state index is 6.84. The molecule has 0 amide bonds. The second-order valence-electron chi connectivity index (χ2n) is 12.1. The lowest BCUT2D eigenvalue weighted by Gasteiger charge is -2.38. The Labute approximate surface area is 232 Å². The summed E-state index contributed by atoms with van der Waals surface area (Å²) < 4.78 is 6.84. The van der Waals surface area contributed by atoms with Crippen molar-refractivity contribution in [1.29, 1.82) is 0 Å². The molecule has 0 aromatic carbocycles. The Bertz CT molecular complexity index is 702. The molecule has 0 saturated carbocycles. The smallest absolute Gasteiger partial charge is 0.104 e. The molecule has 0 aromatic rings. The van der Waals surface area contributed by atoms with E-state index in [9.17, 15) is 0 Å². The second-order valence-corrected chi connectivity index (χ2v) is 12.1. The molecule has 1 aliphatic rings. The zero-order valence-corrected chi connectivity index (χ0v) is 25.8. The third-order valence-electron chi connectivity index (χ3n) is 9.05. The van der Waals surface area contributed by atoms with Gasteiger partial charge in [-0.25, -0.2) is 0 Å². The zero-order chi connectivity index (χ0) is 27.6. The van der Waals surface area contributed by atoms with E-state index in [1.54, 1.807) is 0 Å². The van der Waals surface area contributed by atoms with Crippen LogP contribution in [0.3, 0.4) is 0 Å². The molecule has 0 aromatic heterocycles. The lowest BCUT2D eigenvalue weighted by atomic mass is 9.72. The maximum Gasteiger partial charge on any atom is 0.104 e. The monoisotopic (exact) mass is 513 g/mol. The quantitative estimate of drug-likeness (QED) is 0.327. The van der Waals surface area contributed by atoms with Crippen molar-refractivity contribution in [2.75, 3.05) is 0 Å². The van der Waals surface area contributed by atoms with Crippen LogP contribution >= 0.6 is 0 Å². The van der Waals surface area contributed by atoms with Crippen molar-refractivity contribution in [3.8, 4) is 0 Å². The fourth-order valence-electron chi connectivity index (χ4n) is 5.85. The Morgan fingerprint density at radius 1 is 0.865 bits per heavy atom. The van der Waals surface area contributed by atoms with Crippen LogP contribution in [-0.4, -0.2) is 6.10 Å². The van der Waals surface area contributed by atoms with Crippen LogP contribution in [0.5, 0.6) is 0 Å². The molecule has 0 radical (unpaired) electrons. The molecular weight excluding hydrogens is 450 g/mol. The summed E-state index contributed by atoms with van der Waals surface area (Å²) in [6, 6.07) is 0. The largest absolute Gasteiger partial charge is 0.495 e. The van der Waals surface area contributed by atoms with Gasteiger partial charge in [0.1, 0.15) is 6.10 Å². The molecule has 1 fully saturated rings. The highest BCUT2D eigenvalue weighted by molar-refractivity contribution is 5.30. The number of ether oxygens (including phenoxy) is 1. The maximum absolute atomic E-state index is 6.84. The van der Waals surface area contributed by atoms with Crippen molar-refractivity contribution in [3.63, 3.8) is 0 Å². The Balaban J connectivity index is 3.26. The van der Waals surface area contributed by atoms with Crippen molar-refractivity contribution in [2.24, 2.45) is 29.4 Å². The minimum atomic E-state index is 0.216. The molecule has 1 heterocycles. The third kappa shape index (κ3) is 13.3. The van der Waals surface area contributed by atoms with Crippen LogP contribution in [0.15, 0.2) is 47.9 Å². The number of rotatable bonds is 8. The zero-order valence-electron chi connectivity index (χ0n) is 25.8. The van der Waals surface area contributed by atoms with Gasteiger partial charge < -0.3 is 10.5 Å². The van der Waals surface area contributed by atoms with Crippen LogP contribution in [0.4, 0.5) is 0 Å². The van der Waals surface area contributed by atoms with E-state index < -0.39 is 0 Å². The van der Waals surface area contributed by atoms with E-state index in [-0.39, 0.29) is 6.10 Å². The Morgan fingerprint density at radius 3 is 1.86 bits per heavy atom. The molecule has 2 nitrogen and oxygen atoms in total. The van der Waals surface area contributed by atoms with E-state index in [1.807, 2.05) is 0 Å². The minimum Gasteiger partial charge on any atom is -0.495 e. The lowest BCUT2D eigenvalue weighted by Crippen LogP contribution is -2.36. The SMILES string of the molecule is C=C1CCCCCCCCCCCCCCC(C(C)/C(=C/C=C(\C)C(=C)N)C(C)CC)C(C(C)CC)O1. The van der Waals surface area contributed by atoms with Gasteiger partial charge in [0.05, 0.1) is 5.76 Å². The highest BCUT2D eigenvalue weighted by atomic mass is 16.5. The summed E-state index contributed by atoms with van der Waals surface area (Å²) in [6.07, 6.45) is 25.6. The van der Waals surface area contributed by atoms with Gasteiger partial charge in [-0.2, -0.15) is 0 Å². The summed E-state index contributed by atoms with van der Waals surface area (Å²) in [5, 5.41) is 0. The fraction of sp³-hybridized carbons (Fsp3) is 0.771. The van der Waals surface area contributed by atoms with E-state index in [2.05, 4.69) is 66.9 Å². The van der Waals surface area contributed by atoms with Crippen molar-refractivity contribution in [3.05, 3.63) is 47.9 Å². The Morgan fingerprint density at radius 2 is 1.38 bits per heavy atom. The molecule has 5 atom stereocenters. The first-order chi connectivity index (χ1) is 17.7.